The maximum Gasteiger partial charge on any atom is 0.324 e. The first-order valence-electron chi connectivity index (χ1n) is 7.29. The largest absolute Gasteiger partial charge is 0.497 e. The quantitative estimate of drug-likeness (QED) is 0.624. The fourth-order valence-electron chi connectivity index (χ4n) is 2.85. The average molecular weight is 354 g/mol. The number of hydrogen-bond acceptors (Lipinski definition) is 9. The normalized spacial score (nSPS) is 19.0. The highest BCUT2D eigenvalue weighted by atomic mass is 16.6. The number of phenols is 1. The van der Waals surface area contributed by atoms with Gasteiger partial charge in [-0.15, -0.1) is 0 Å². The van der Waals surface area contributed by atoms with Crippen LogP contribution in [0.3, 0.4) is 0 Å². The standard InChI is InChI=1S/C7H11NO.C6H3N3O7/c9-7-3-5-8-4-1-2-6(7)8;10-6-4(8(13)14)1-3(7(11)12)2-5(6)9(15)16/h6H,1-5H2;1-2,10H. The molecule has 0 amide bonds. The molecule has 0 saturated carbocycles. The second-order valence-electron chi connectivity index (χ2n) is 5.51. The number of carbonyl (C=O) groups excluding carboxylic acids is 1. The maximum absolute atomic E-state index is 11.0. The molecule has 0 radical (unpaired) electrons. The van der Waals surface area contributed by atoms with E-state index < -0.39 is 37.6 Å². The molecular formula is C13H14N4O8. The van der Waals surface area contributed by atoms with Crippen molar-refractivity contribution in [3.63, 3.8) is 0 Å². The molecule has 134 valence electrons. The molecule has 1 unspecified atom stereocenters. The van der Waals surface area contributed by atoms with Gasteiger partial charge in [0.15, 0.2) is 5.78 Å². The number of benzene rings is 1. The lowest BCUT2D eigenvalue weighted by Gasteiger charge is -2.10. The van der Waals surface area contributed by atoms with Crippen LogP contribution in [-0.2, 0) is 4.79 Å². The van der Waals surface area contributed by atoms with Crippen LogP contribution in [0.2, 0.25) is 0 Å². The Hall–Kier alpha value is -3.15. The molecule has 1 atom stereocenters. The highest BCUT2D eigenvalue weighted by molar-refractivity contribution is 5.86. The van der Waals surface area contributed by atoms with Gasteiger partial charge >= 0.3 is 11.4 Å². The third kappa shape index (κ3) is 3.85. The third-order valence-corrected chi connectivity index (χ3v) is 4.04. The van der Waals surface area contributed by atoms with Gasteiger partial charge in [0.25, 0.3) is 11.4 Å². The average Bonchev–Trinajstić information content (AvgIpc) is 3.13. The number of nitrogens with zero attached hydrogens (tertiary/aromatic N) is 4. The molecule has 2 heterocycles. The molecule has 1 aromatic rings. The molecule has 0 spiro atoms. The van der Waals surface area contributed by atoms with Crippen LogP contribution < -0.4 is 0 Å². The van der Waals surface area contributed by atoms with Crippen LogP contribution in [0, 0.1) is 30.3 Å². The Labute approximate surface area is 140 Å². The summed E-state index contributed by atoms with van der Waals surface area (Å²) in [5.74, 6) is -0.729. The number of nitro groups is 3. The van der Waals surface area contributed by atoms with Crippen molar-refractivity contribution in [3.05, 3.63) is 42.5 Å². The lowest BCUT2D eigenvalue weighted by Crippen LogP contribution is -2.25. The second kappa shape index (κ2) is 7.17. The van der Waals surface area contributed by atoms with Crippen molar-refractivity contribution >= 4 is 22.8 Å². The maximum atomic E-state index is 11.0. The molecule has 12 heteroatoms. The van der Waals surface area contributed by atoms with Crippen molar-refractivity contribution < 1.29 is 24.7 Å². The fraction of sp³-hybridized carbons (Fsp3) is 0.462. The molecule has 2 aliphatic rings. The first-order chi connectivity index (χ1) is 11.7. The van der Waals surface area contributed by atoms with Gasteiger partial charge in [0.1, 0.15) is 0 Å². The minimum Gasteiger partial charge on any atom is -0.497 e. The molecule has 2 fully saturated rings. The summed E-state index contributed by atoms with van der Waals surface area (Å²) < 4.78 is 0. The lowest BCUT2D eigenvalue weighted by molar-refractivity contribution is -0.404. The number of rotatable bonds is 3. The number of aromatic hydroxyl groups is 1. The van der Waals surface area contributed by atoms with Crippen LogP contribution in [0.15, 0.2) is 12.1 Å². The van der Waals surface area contributed by atoms with E-state index in [2.05, 4.69) is 4.90 Å². The van der Waals surface area contributed by atoms with Gasteiger partial charge < -0.3 is 5.11 Å². The number of Topliss-reactive ketones (excluding diaryl/α,β-unsaturated/α-hetero) is 1. The summed E-state index contributed by atoms with van der Waals surface area (Å²) in [4.78, 5) is 41.1. The Morgan fingerprint density at radius 3 is 2.00 bits per heavy atom. The minimum atomic E-state index is -1.21. The van der Waals surface area contributed by atoms with Crippen LogP contribution in [0.1, 0.15) is 19.3 Å². The number of carbonyl (C=O) groups is 1. The van der Waals surface area contributed by atoms with Crippen molar-refractivity contribution in [1.29, 1.82) is 0 Å². The molecular weight excluding hydrogens is 340 g/mol. The molecule has 2 saturated heterocycles. The van der Waals surface area contributed by atoms with E-state index in [-0.39, 0.29) is 0 Å². The van der Waals surface area contributed by atoms with E-state index in [1.54, 1.807) is 0 Å². The second-order valence-corrected chi connectivity index (χ2v) is 5.51. The zero-order chi connectivity index (χ0) is 18.7. The number of fused-ring (bicyclic) bond motifs is 1. The highest BCUT2D eigenvalue weighted by Gasteiger charge is 2.35. The third-order valence-electron chi connectivity index (χ3n) is 4.04. The lowest BCUT2D eigenvalue weighted by atomic mass is 10.1. The van der Waals surface area contributed by atoms with Crippen LogP contribution in [0.4, 0.5) is 17.1 Å². The summed E-state index contributed by atoms with van der Waals surface area (Å²) in [5, 5.41) is 40.2. The Morgan fingerprint density at radius 2 is 1.56 bits per heavy atom. The summed E-state index contributed by atoms with van der Waals surface area (Å²) in [6.45, 7) is 2.19. The molecule has 25 heavy (non-hydrogen) atoms. The van der Waals surface area contributed by atoms with Gasteiger partial charge in [-0.1, -0.05) is 0 Å². The Kier molecular flexibility index (Phi) is 5.22. The van der Waals surface area contributed by atoms with Gasteiger partial charge in [-0.2, -0.15) is 0 Å². The van der Waals surface area contributed by atoms with Crippen molar-refractivity contribution in [2.24, 2.45) is 0 Å². The predicted molar refractivity (Wildman–Crippen MR) is 82.3 cm³/mol. The predicted octanol–water partition coefficient (Wildman–Crippen LogP) is 1.54. The summed E-state index contributed by atoms with van der Waals surface area (Å²) in [7, 11) is 0. The molecule has 0 aromatic heterocycles. The molecule has 3 rings (SSSR count). The Balaban J connectivity index is 0.000000208. The first-order valence-corrected chi connectivity index (χ1v) is 7.29. The molecule has 1 N–H and O–H groups in total. The summed E-state index contributed by atoms with van der Waals surface area (Å²) in [6, 6.07) is 1.23. The number of nitro benzene ring substituents is 3. The van der Waals surface area contributed by atoms with E-state index in [1.165, 1.54) is 6.42 Å². The number of hydrogen-bond donors (Lipinski definition) is 1. The summed E-state index contributed by atoms with van der Waals surface area (Å²) in [5.41, 5.74) is -3.00. The molecule has 0 aliphatic carbocycles. The molecule has 2 aliphatic heterocycles. The topological polar surface area (TPSA) is 170 Å². The van der Waals surface area contributed by atoms with Crippen LogP contribution in [0.5, 0.6) is 5.75 Å². The van der Waals surface area contributed by atoms with Gasteiger partial charge in [0.2, 0.25) is 0 Å². The van der Waals surface area contributed by atoms with Crippen molar-refractivity contribution in [1.82, 2.24) is 4.90 Å². The monoisotopic (exact) mass is 354 g/mol. The van der Waals surface area contributed by atoms with E-state index in [4.69, 9.17) is 5.11 Å². The summed E-state index contributed by atoms with van der Waals surface area (Å²) >= 11 is 0. The van der Waals surface area contributed by atoms with Gasteiger partial charge in [0.05, 0.1) is 32.9 Å². The zero-order valence-electron chi connectivity index (χ0n) is 12.9. The van der Waals surface area contributed by atoms with Gasteiger partial charge in [-0.25, -0.2) is 0 Å². The first kappa shape index (κ1) is 18.2. The molecule has 0 bridgehead atoms. The number of non-ortho nitro benzene ring substituents is 1. The number of phenolic OH excluding ortho intramolecular Hbond substituents is 1. The van der Waals surface area contributed by atoms with Crippen molar-refractivity contribution in [2.75, 3.05) is 13.1 Å². The van der Waals surface area contributed by atoms with E-state index in [0.717, 1.165) is 25.9 Å². The van der Waals surface area contributed by atoms with Crippen LogP contribution in [0.25, 0.3) is 0 Å². The highest BCUT2D eigenvalue weighted by Crippen LogP contribution is 2.38. The number of ketones is 1. The van der Waals surface area contributed by atoms with Crippen molar-refractivity contribution in [3.8, 4) is 5.75 Å². The zero-order valence-corrected chi connectivity index (χ0v) is 12.9. The summed E-state index contributed by atoms with van der Waals surface area (Å²) in [6.07, 6.45) is 3.17. The Bertz CT molecular complexity index is 715. The van der Waals surface area contributed by atoms with E-state index in [9.17, 15) is 35.1 Å². The molecule has 1 aromatic carbocycles. The molecule has 12 nitrogen and oxygen atoms in total. The fourth-order valence-corrected chi connectivity index (χ4v) is 2.85. The SMILES string of the molecule is O=C1CCN2CCCC12.O=[N+]([O-])c1cc([N+](=O)[O-])c(O)c([N+](=O)[O-])c1. The van der Waals surface area contributed by atoms with E-state index in [0.29, 0.717) is 24.0 Å². The van der Waals surface area contributed by atoms with Gasteiger partial charge in [-0.05, 0) is 19.4 Å². The van der Waals surface area contributed by atoms with E-state index >= 15 is 0 Å². The Morgan fingerprint density at radius 1 is 1.00 bits per heavy atom. The van der Waals surface area contributed by atoms with E-state index in [1.807, 2.05) is 0 Å². The van der Waals surface area contributed by atoms with Gasteiger partial charge in [-0.3, -0.25) is 40.0 Å². The minimum absolute atomic E-state index is 0.338. The van der Waals surface area contributed by atoms with Gasteiger partial charge in [0, 0.05) is 13.0 Å². The smallest absolute Gasteiger partial charge is 0.324 e. The van der Waals surface area contributed by atoms with Crippen LogP contribution in [-0.4, -0.2) is 49.7 Å². The van der Waals surface area contributed by atoms with Crippen molar-refractivity contribution in [2.45, 2.75) is 25.3 Å². The van der Waals surface area contributed by atoms with Crippen LogP contribution >= 0.6 is 0 Å².